The normalized spacial score (nSPS) is 22.7. The molecule has 1 saturated carbocycles. The van der Waals surface area contributed by atoms with Gasteiger partial charge in [-0.05, 0) is 70.5 Å². The molecule has 0 spiro atoms. The van der Waals surface area contributed by atoms with Crippen molar-refractivity contribution in [1.29, 1.82) is 0 Å². The third-order valence-corrected chi connectivity index (χ3v) is 5.90. The van der Waals surface area contributed by atoms with Crippen molar-refractivity contribution < 1.29 is 4.74 Å². The first-order valence-electron chi connectivity index (χ1n) is 9.88. The van der Waals surface area contributed by atoms with E-state index in [1.807, 2.05) is 7.05 Å². The lowest BCUT2D eigenvalue weighted by Gasteiger charge is -2.31. The van der Waals surface area contributed by atoms with Crippen LogP contribution in [-0.2, 0) is 4.74 Å². The minimum atomic E-state index is 0.403. The van der Waals surface area contributed by atoms with E-state index in [1.165, 1.54) is 58.0 Å². The van der Waals surface area contributed by atoms with Crippen LogP contribution in [0.2, 0.25) is 0 Å². The zero-order chi connectivity index (χ0) is 17.3. The van der Waals surface area contributed by atoms with Crippen molar-refractivity contribution in [3.8, 4) is 0 Å². The molecule has 2 fully saturated rings. The summed E-state index contributed by atoms with van der Waals surface area (Å²) in [5, 5.41) is 7.15. The Balaban J connectivity index is 1.73. The van der Waals surface area contributed by atoms with E-state index in [0.29, 0.717) is 5.41 Å². The van der Waals surface area contributed by atoms with Gasteiger partial charge in [-0.2, -0.15) is 0 Å². The van der Waals surface area contributed by atoms with Crippen LogP contribution in [0, 0.1) is 11.3 Å². The molecule has 0 atom stereocenters. The van der Waals surface area contributed by atoms with E-state index in [4.69, 9.17) is 4.74 Å². The van der Waals surface area contributed by atoms with Gasteiger partial charge in [0, 0.05) is 33.4 Å². The molecule has 1 heterocycles. The molecule has 0 aromatic rings. The molecule has 1 aliphatic carbocycles. The number of rotatable bonds is 8. The summed E-state index contributed by atoms with van der Waals surface area (Å²) in [5.41, 5.74) is 0.403. The molecule has 0 unspecified atom stereocenters. The van der Waals surface area contributed by atoms with E-state index in [1.54, 1.807) is 0 Å². The predicted octanol–water partition coefficient (Wildman–Crippen LogP) is 2.48. The summed E-state index contributed by atoms with van der Waals surface area (Å²) in [7, 11) is 4.10. The van der Waals surface area contributed by atoms with Crippen molar-refractivity contribution in [1.82, 2.24) is 15.5 Å². The van der Waals surface area contributed by atoms with Crippen LogP contribution in [0.3, 0.4) is 0 Å². The lowest BCUT2D eigenvalue weighted by atomic mass is 9.83. The van der Waals surface area contributed by atoms with Gasteiger partial charge in [0.25, 0.3) is 0 Å². The zero-order valence-corrected chi connectivity index (χ0v) is 16.1. The van der Waals surface area contributed by atoms with E-state index in [0.717, 1.165) is 38.2 Å². The molecule has 5 nitrogen and oxygen atoms in total. The van der Waals surface area contributed by atoms with Crippen LogP contribution in [-0.4, -0.2) is 64.3 Å². The average Bonchev–Trinajstić information content (AvgIpc) is 3.06. The number of piperidine rings is 1. The van der Waals surface area contributed by atoms with Gasteiger partial charge in [-0.25, -0.2) is 0 Å². The average molecular weight is 339 g/mol. The first-order chi connectivity index (χ1) is 11.7. The van der Waals surface area contributed by atoms with Crippen LogP contribution < -0.4 is 10.6 Å². The van der Waals surface area contributed by atoms with Gasteiger partial charge < -0.3 is 20.3 Å². The lowest BCUT2D eigenvalue weighted by molar-refractivity contribution is 0.105. The molecule has 0 amide bonds. The largest absolute Gasteiger partial charge is 0.382 e. The van der Waals surface area contributed by atoms with Gasteiger partial charge in [0.05, 0.1) is 0 Å². The molecule has 5 heteroatoms. The van der Waals surface area contributed by atoms with E-state index >= 15 is 0 Å². The van der Waals surface area contributed by atoms with E-state index in [2.05, 4.69) is 34.5 Å². The summed E-state index contributed by atoms with van der Waals surface area (Å²) in [6.07, 6.45) is 9.10. The fourth-order valence-electron chi connectivity index (χ4n) is 4.07. The number of ether oxygens (including phenoxy) is 1. The Labute approximate surface area is 148 Å². The molecule has 2 N–H and O–H groups in total. The standard InChI is InChI=1S/C19H38N4O/c1-4-24-14-11-19(9-5-6-10-19)16-22-18(20-2)21-15-17-7-12-23(3)13-8-17/h17H,4-16H2,1-3H3,(H2,20,21,22). The summed E-state index contributed by atoms with van der Waals surface area (Å²) in [4.78, 5) is 6.85. The summed E-state index contributed by atoms with van der Waals surface area (Å²) < 4.78 is 5.61. The Morgan fingerprint density at radius 2 is 1.92 bits per heavy atom. The van der Waals surface area contributed by atoms with E-state index in [-0.39, 0.29) is 0 Å². The van der Waals surface area contributed by atoms with Crippen molar-refractivity contribution in [2.75, 3.05) is 53.5 Å². The third kappa shape index (κ3) is 6.25. The number of likely N-dealkylation sites (tertiary alicyclic amines) is 1. The van der Waals surface area contributed by atoms with Crippen molar-refractivity contribution in [3.63, 3.8) is 0 Å². The number of nitrogens with one attached hydrogen (secondary N) is 2. The van der Waals surface area contributed by atoms with Crippen LogP contribution in [0.15, 0.2) is 4.99 Å². The highest BCUT2D eigenvalue weighted by Crippen LogP contribution is 2.40. The van der Waals surface area contributed by atoms with E-state index < -0.39 is 0 Å². The lowest BCUT2D eigenvalue weighted by Crippen LogP contribution is -2.45. The number of aliphatic imine (C=N–C) groups is 1. The second kappa shape index (κ2) is 10.2. The molecule has 140 valence electrons. The smallest absolute Gasteiger partial charge is 0.191 e. The Morgan fingerprint density at radius 1 is 1.21 bits per heavy atom. The van der Waals surface area contributed by atoms with Crippen molar-refractivity contribution in [2.24, 2.45) is 16.3 Å². The highest BCUT2D eigenvalue weighted by molar-refractivity contribution is 5.79. The Hall–Kier alpha value is -0.810. The monoisotopic (exact) mass is 338 g/mol. The third-order valence-electron chi connectivity index (χ3n) is 5.90. The van der Waals surface area contributed by atoms with Gasteiger partial charge in [-0.1, -0.05) is 12.8 Å². The summed E-state index contributed by atoms with van der Waals surface area (Å²) in [6, 6.07) is 0. The molecule has 2 aliphatic rings. The number of hydrogen-bond donors (Lipinski definition) is 2. The van der Waals surface area contributed by atoms with Crippen LogP contribution in [0.4, 0.5) is 0 Å². The fourth-order valence-corrected chi connectivity index (χ4v) is 4.07. The number of nitrogens with zero attached hydrogens (tertiary/aromatic N) is 2. The number of guanidine groups is 1. The van der Waals surface area contributed by atoms with Gasteiger partial charge >= 0.3 is 0 Å². The molecule has 0 aromatic heterocycles. The fraction of sp³-hybridized carbons (Fsp3) is 0.947. The Kier molecular flexibility index (Phi) is 8.33. The molecule has 1 saturated heterocycles. The van der Waals surface area contributed by atoms with Gasteiger partial charge in [-0.15, -0.1) is 0 Å². The SMILES string of the molecule is CCOCCC1(CNC(=NC)NCC2CCN(C)CC2)CCCC1. The van der Waals surface area contributed by atoms with Crippen molar-refractivity contribution >= 4 is 5.96 Å². The molecular weight excluding hydrogens is 300 g/mol. The van der Waals surface area contributed by atoms with E-state index in [9.17, 15) is 0 Å². The van der Waals surface area contributed by atoms with Crippen molar-refractivity contribution in [2.45, 2.75) is 51.9 Å². The van der Waals surface area contributed by atoms with Crippen molar-refractivity contribution in [3.05, 3.63) is 0 Å². The summed E-state index contributed by atoms with van der Waals surface area (Å²) in [5.74, 6) is 1.75. The quantitative estimate of drug-likeness (QED) is 0.405. The minimum Gasteiger partial charge on any atom is -0.382 e. The first kappa shape index (κ1) is 19.5. The Bertz CT molecular complexity index is 372. The van der Waals surface area contributed by atoms with Crippen LogP contribution in [0.5, 0.6) is 0 Å². The zero-order valence-electron chi connectivity index (χ0n) is 16.1. The first-order valence-corrected chi connectivity index (χ1v) is 9.88. The van der Waals surface area contributed by atoms with Gasteiger partial charge in [0.2, 0.25) is 0 Å². The molecule has 2 rings (SSSR count). The van der Waals surface area contributed by atoms with Crippen LogP contribution in [0.1, 0.15) is 51.9 Å². The molecule has 0 radical (unpaired) electrons. The highest BCUT2D eigenvalue weighted by Gasteiger charge is 2.33. The Morgan fingerprint density at radius 3 is 2.54 bits per heavy atom. The maximum atomic E-state index is 5.61. The topological polar surface area (TPSA) is 48.9 Å². The molecule has 0 aromatic carbocycles. The second-order valence-corrected chi connectivity index (χ2v) is 7.71. The minimum absolute atomic E-state index is 0.403. The molecule has 0 bridgehead atoms. The van der Waals surface area contributed by atoms with Gasteiger partial charge in [-0.3, -0.25) is 4.99 Å². The van der Waals surface area contributed by atoms with Crippen LogP contribution in [0.25, 0.3) is 0 Å². The summed E-state index contributed by atoms with van der Waals surface area (Å²) >= 11 is 0. The van der Waals surface area contributed by atoms with Gasteiger partial charge in [0.1, 0.15) is 0 Å². The summed E-state index contributed by atoms with van der Waals surface area (Å²) in [6.45, 7) is 8.29. The maximum Gasteiger partial charge on any atom is 0.191 e. The number of hydrogen-bond acceptors (Lipinski definition) is 3. The molecule has 1 aliphatic heterocycles. The predicted molar refractivity (Wildman–Crippen MR) is 102 cm³/mol. The second-order valence-electron chi connectivity index (χ2n) is 7.71. The maximum absolute atomic E-state index is 5.61. The molecular formula is C19H38N4O. The van der Waals surface area contributed by atoms with Gasteiger partial charge in [0.15, 0.2) is 5.96 Å². The molecule has 24 heavy (non-hydrogen) atoms. The highest BCUT2D eigenvalue weighted by atomic mass is 16.5. The van der Waals surface area contributed by atoms with Crippen LogP contribution >= 0.6 is 0 Å².